The summed E-state index contributed by atoms with van der Waals surface area (Å²) in [4.78, 5) is 11.9. The first-order valence-corrected chi connectivity index (χ1v) is 7.31. The lowest BCUT2D eigenvalue weighted by Crippen LogP contribution is -2.37. The summed E-state index contributed by atoms with van der Waals surface area (Å²) >= 11 is 0. The van der Waals surface area contributed by atoms with Crippen LogP contribution in [0.1, 0.15) is 43.7 Å². The van der Waals surface area contributed by atoms with Gasteiger partial charge in [-0.3, -0.25) is 4.79 Å². The van der Waals surface area contributed by atoms with E-state index in [1.54, 1.807) is 0 Å². The number of aryl methyl sites for hydroxylation is 2. The van der Waals surface area contributed by atoms with Gasteiger partial charge in [0.05, 0.1) is 0 Å². The molecule has 1 aromatic carbocycles. The molecule has 0 aliphatic heterocycles. The van der Waals surface area contributed by atoms with E-state index in [9.17, 15) is 4.79 Å². The van der Waals surface area contributed by atoms with Crippen LogP contribution in [0.15, 0.2) is 18.2 Å². The fourth-order valence-electron chi connectivity index (χ4n) is 2.59. The average molecular weight is 259 g/mol. The molecule has 3 nitrogen and oxygen atoms in total. The molecule has 1 fully saturated rings. The molecule has 1 saturated carbocycles. The van der Waals surface area contributed by atoms with Crippen molar-refractivity contribution in [3.8, 4) is 5.75 Å². The Morgan fingerprint density at radius 2 is 2.00 bits per heavy atom. The Hall–Kier alpha value is -1.51. The molecule has 102 valence electrons. The van der Waals surface area contributed by atoms with E-state index in [0.29, 0.717) is 6.04 Å². The number of amides is 1. The summed E-state index contributed by atoms with van der Waals surface area (Å²) in [5.74, 6) is 0.819. The third kappa shape index (κ3) is 3.09. The fourth-order valence-corrected chi connectivity index (χ4v) is 2.59. The van der Waals surface area contributed by atoms with Crippen LogP contribution in [0, 0.1) is 0 Å². The molecular weight excluding hydrogens is 238 g/mol. The van der Waals surface area contributed by atoms with E-state index < -0.39 is 6.10 Å². The van der Waals surface area contributed by atoms with Gasteiger partial charge in [-0.05, 0) is 68.7 Å². The molecule has 0 aromatic heterocycles. The molecule has 3 rings (SSSR count). The minimum Gasteiger partial charge on any atom is -0.481 e. The Balaban J connectivity index is 1.63. The van der Waals surface area contributed by atoms with Crippen molar-refractivity contribution in [3.05, 3.63) is 29.3 Å². The quantitative estimate of drug-likeness (QED) is 0.902. The van der Waals surface area contributed by atoms with E-state index in [1.807, 2.05) is 13.0 Å². The van der Waals surface area contributed by atoms with Gasteiger partial charge < -0.3 is 10.1 Å². The second-order valence-electron chi connectivity index (χ2n) is 5.68. The summed E-state index contributed by atoms with van der Waals surface area (Å²) in [5, 5.41) is 2.97. The molecule has 1 N–H and O–H groups in total. The van der Waals surface area contributed by atoms with Crippen molar-refractivity contribution in [3.63, 3.8) is 0 Å². The van der Waals surface area contributed by atoms with Crippen LogP contribution in [-0.4, -0.2) is 18.1 Å². The van der Waals surface area contributed by atoms with Gasteiger partial charge in [0.1, 0.15) is 5.75 Å². The summed E-state index contributed by atoms with van der Waals surface area (Å²) in [5.41, 5.74) is 2.83. The van der Waals surface area contributed by atoms with Crippen LogP contribution in [0.2, 0.25) is 0 Å². The maximum atomic E-state index is 11.9. The van der Waals surface area contributed by atoms with Crippen molar-refractivity contribution >= 4 is 5.91 Å². The van der Waals surface area contributed by atoms with Crippen LogP contribution in [0.4, 0.5) is 0 Å². The minimum atomic E-state index is -0.415. The smallest absolute Gasteiger partial charge is 0.260 e. The zero-order valence-corrected chi connectivity index (χ0v) is 11.4. The van der Waals surface area contributed by atoms with E-state index in [-0.39, 0.29) is 5.91 Å². The summed E-state index contributed by atoms with van der Waals surface area (Å²) < 4.78 is 5.76. The molecule has 0 saturated heterocycles. The Bertz CT molecular complexity index is 480. The highest BCUT2D eigenvalue weighted by molar-refractivity contribution is 5.81. The number of rotatable bonds is 4. The van der Waals surface area contributed by atoms with Crippen LogP contribution < -0.4 is 10.1 Å². The predicted molar refractivity (Wildman–Crippen MR) is 74.3 cm³/mol. The zero-order chi connectivity index (χ0) is 13.2. The zero-order valence-electron chi connectivity index (χ0n) is 11.4. The van der Waals surface area contributed by atoms with Crippen molar-refractivity contribution < 1.29 is 9.53 Å². The fraction of sp³-hybridized carbons (Fsp3) is 0.562. The molecule has 2 aliphatic carbocycles. The molecule has 0 bridgehead atoms. The third-order valence-corrected chi connectivity index (χ3v) is 3.93. The number of ether oxygens (including phenoxy) is 1. The van der Waals surface area contributed by atoms with E-state index in [4.69, 9.17) is 4.74 Å². The van der Waals surface area contributed by atoms with E-state index >= 15 is 0 Å². The molecule has 3 heteroatoms. The molecule has 0 spiro atoms. The van der Waals surface area contributed by atoms with Gasteiger partial charge in [0.25, 0.3) is 5.91 Å². The van der Waals surface area contributed by atoms with Crippen molar-refractivity contribution in [2.45, 2.75) is 57.6 Å². The monoisotopic (exact) mass is 259 g/mol. The van der Waals surface area contributed by atoms with E-state index in [2.05, 4.69) is 17.4 Å². The summed E-state index contributed by atoms with van der Waals surface area (Å²) in [7, 11) is 0. The van der Waals surface area contributed by atoms with Crippen molar-refractivity contribution in [1.29, 1.82) is 0 Å². The van der Waals surface area contributed by atoms with Crippen molar-refractivity contribution in [2.24, 2.45) is 0 Å². The number of nitrogens with one attached hydrogen (secondary N) is 1. The molecule has 2 aliphatic rings. The highest BCUT2D eigenvalue weighted by Crippen LogP contribution is 2.26. The lowest BCUT2D eigenvalue weighted by molar-refractivity contribution is -0.127. The molecule has 1 atom stereocenters. The summed E-state index contributed by atoms with van der Waals surface area (Å²) in [6.07, 6.45) is 6.65. The first kappa shape index (κ1) is 12.5. The molecule has 1 amide bonds. The largest absolute Gasteiger partial charge is 0.481 e. The normalized spacial score (nSPS) is 19.4. The van der Waals surface area contributed by atoms with Crippen LogP contribution in [-0.2, 0) is 17.6 Å². The van der Waals surface area contributed by atoms with Gasteiger partial charge in [-0.25, -0.2) is 0 Å². The van der Waals surface area contributed by atoms with Gasteiger partial charge in [0.2, 0.25) is 0 Å². The Morgan fingerprint density at radius 3 is 2.74 bits per heavy atom. The number of benzene rings is 1. The number of carbonyl (C=O) groups is 1. The SMILES string of the molecule is C[C@H](Oc1ccc2c(c1)CCCC2)C(=O)NC1CC1. The highest BCUT2D eigenvalue weighted by Gasteiger charge is 2.26. The van der Waals surface area contributed by atoms with Gasteiger partial charge in [-0.2, -0.15) is 0 Å². The molecule has 0 heterocycles. The van der Waals surface area contributed by atoms with Crippen molar-refractivity contribution in [2.75, 3.05) is 0 Å². The summed E-state index contributed by atoms with van der Waals surface area (Å²) in [6.45, 7) is 1.82. The van der Waals surface area contributed by atoms with E-state index in [1.165, 1.54) is 30.4 Å². The number of hydrogen-bond acceptors (Lipinski definition) is 2. The predicted octanol–water partition coefficient (Wildman–Crippen LogP) is 2.61. The van der Waals surface area contributed by atoms with Crippen LogP contribution in [0.5, 0.6) is 5.75 Å². The Kier molecular flexibility index (Phi) is 3.45. The van der Waals surface area contributed by atoms with Crippen LogP contribution >= 0.6 is 0 Å². The average Bonchev–Trinajstić information content (AvgIpc) is 3.22. The van der Waals surface area contributed by atoms with E-state index in [0.717, 1.165) is 25.0 Å². The second-order valence-corrected chi connectivity index (χ2v) is 5.68. The minimum absolute atomic E-state index is 0.000204. The molecular formula is C16H21NO2. The first-order valence-electron chi connectivity index (χ1n) is 7.31. The number of fused-ring (bicyclic) bond motifs is 1. The van der Waals surface area contributed by atoms with Gasteiger partial charge in [0, 0.05) is 6.04 Å². The van der Waals surface area contributed by atoms with Gasteiger partial charge >= 0.3 is 0 Å². The topological polar surface area (TPSA) is 38.3 Å². The van der Waals surface area contributed by atoms with Gasteiger partial charge in [-0.1, -0.05) is 6.07 Å². The highest BCUT2D eigenvalue weighted by atomic mass is 16.5. The lowest BCUT2D eigenvalue weighted by Gasteiger charge is -2.19. The summed E-state index contributed by atoms with van der Waals surface area (Å²) in [6, 6.07) is 6.64. The third-order valence-electron chi connectivity index (χ3n) is 3.93. The molecule has 0 unspecified atom stereocenters. The molecule has 0 radical (unpaired) electrons. The van der Waals surface area contributed by atoms with Gasteiger partial charge in [-0.15, -0.1) is 0 Å². The Morgan fingerprint density at radius 1 is 1.26 bits per heavy atom. The number of hydrogen-bond donors (Lipinski definition) is 1. The maximum absolute atomic E-state index is 11.9. The maximum Gasteiger partial charge on any atom is 0.260 e. The number of carbonyl (C=O) groups excluding carboxylic acids is 1. The second kappa shape index (κ2) is 5.24. The van der Waals surface area contributed by atoms with Gasteiger partial charge in [0.15, 0.2) is 6.10 Å². The van der Waals surface area contributed by atoms with Crippen molar-refractivity contribution in [1.82, 2.24) is 5.32 Å². The molecule has 19 heavy (non-hydrogen) atoms. The van der Waals surface area contributed by atoms with Crippen LogP contribution in [0.3, 0.4) is 0 Å². The standard InChI is InChI=1S/C16H21NO2/c1-11(16(18)17-14-7-8-14)19-15-9-6-12-4-2-3-5-13(12)10-15/h6,9-11,14H,2-5,7-8H2,1H3,(H,17,18)/t11-/m0/s1. The van der Waals surface area contributed by atoms with Crippen LogP contribution in [0.25, 0.3) is 0 Å². The molecule has 1 aromatic rings. The Labute approximate surface area is 114 Å². The first-order chi connectivity index (χ1) is 9.22. The lowest BCUT2D eigenvalue weighted by atomic mass is 9.92.